The summed E-state index contributed by atoms with van der Waals surface area (Å²) in [5.74, 6) is 0.747. The molecule has 2 aromatic rings. The summed E-state index contributed by atoms with van der Waals surface area (Å²) in [6.45, 7) is 3.58. The zero-order valence-electron chi connectivity index (χ0n) is 12.2. The van der Waals surface area contributed by atoms with Gasteiger partial charge in [-0.05, 0) is 48.9 Å². The second-order valence-electron chi connectivity index (χ2n) is 5.00. The van der Waals surface area contributed by atoms with Gasteiger partial charge in [0.25, 0.3) is 0 Å². The van der Waals surface area contributed by atoms with Crippen molar-refractivity contribution in [3.63, 3.8) is 0 Å². The maximum atomic E-state index is 12.9. The fraction of sp³-hybridized carbons (Fsp3) is 0.312. The van der Waals surface area contributed by atoms with Crippen molar-refractivity contribution in [3.8, 4) is 0 Å². The standard InChI is InChI=1S/C16H20FN3/c1-12-8-14(9-18-2)10-19-16(12)20(3)11-13-4-6-15(17)7-5-13/h4-8,10,18H,9,11H2,1-3H3. The Morgan fingerprint density at radius 2 is 1.90 bits per heavy atom. The molecule has 3 nitrogen and oxygen atoms in total. The lowest BCUT2D eigenvalue weighted by molar-refractivity contribution is 0.627. The number of hydrogen-bond donors (Lipinski definition) is 1. The minimum absolute atomic E-state index is 0.206. The SMILES string of the molecule is CNCc1cnc(N(C)Cc2ccc(F)cc2)c(C)c1. The maximum absolute atomic E-state index is 12.9. The van der Waals surface area contributed by atoms with Gasteiger partial charge in [0.1, 0.15) is 11.6 Å². The van der Waals surface area contributed by atoms with Crippen molar-refractivity contribution in [2.45, 2.75) is 20.0 Å². The third kappa shape index (κ3) is 3.54. The third-order valence-corrected chi connectivity index (χ3v) is 3.18. The minimum atomic E-state index is -0.206. The van der Waals surface area contributed by atoms with Gasteiger partial charge in [-0.1, -0.05) is 12.1 Å². The van der Waals surface area contributed by atoms with Gasteiger partial charge in [0.15, 0.2) is 0 Å². The molecule has 0 spiro atoms. The van der Waals surface area contributed by atoms with Crippen LogP contribution in [0.4, 0.5) is 10.2 Å². The van der Waals surface area contributed by atoms with Crippen LogP contribution >= 0.6 is 0 Å². The predicted molar refractivity (Wildman–Crippen MR) is 80.2 cm³/mol. The zero-order valence-corrected chi connectivity index (χ0v) is 12.2. The van der Waals surface area contributed by atoms with Crippen LogP contribution in [-0.2, 0) is 13.1 Å². The van der Waals surface area contributed by atoms with Gasteiger partial charge in [0.2, 0.25) is 0 Å². The molecule has 0 aliphatic heterocycles. The molecule has 1 aromatic heterocycles. The van der Waals surface area contributed by atoms with Crippen LogP contribution in [-0.4, -0.2) is 19.1 Å². The van der Waals surface area contributed by atoms with E-state index in [1.165, 1.54) is 17.7 Å². The van der Waals surface area contributed by atoms with Crippen LogP contribution in [0.1, 0.15) is 16.7 Å². The van der Waals surface area contributed by atoms with Crippen LogP contribution in [0, 0.1) is 12.7 Å². The van der Waals surface area contributed by atoms with Crippen molar-refractivity contribution >= 4 is 5.82 Å². The molecule has 0 aliphatic carbocycles. The summed E-state index contributed by atoms with van der Waals surface area (Å²) in [5.41, 5.74) is 3.38. The number of pyridine rings is 1. The molecule has 0 amide bonds. The molecule has 4 heteroatoms. The summed E-state index contributed by atoms with van der Waals surface area (Å²) in [5, 5.41) is 3.12. The first kappa shape index (κ1) is 14.5. The van der Waals surface area contributed by atoms with E-state index in [-0.39, 0.29) is 5.82 Å². The van der Waals surface area contributed by atoms with Crippen molar-refractivity contribution in [1.29, 1.82) is 0 Å². The number of anilines is 1. The van der Waals surface area contributed by atoms with Crippen molar-refractivity contribution in [3.05, 3.63) is 59.0 Å². The Balaban J connectivity index is 2.12. The molecule has 0 saturated heterocycles. The van der Waals surface area contributed by atoms with Crippen molar-refractivity contribution in [2.24, 2.45) is 0 Å². The van der Waals surface area contributed by atoms with Gasteiger partial charge in [-0.2, -0.15) is 0 Å². The van der Waals surface area contributed by atoms with Crippen LogP contribution in [0.25, 0.3) is 0 Å². The Bertz CT molecular complexity index is 566. The first-order chi connectivity index (χ1) is 9.60. The Morgan fingerprint density at radius 3 is 2.50 bits per heavy atom. The van der Waals surface area contributed by atoms with Crippen molar-refractivity contribution < 1.29 is 4.39 Å². The van der Waals surface area contributed by atoms with E-state index in [1.807, 2.05) is 20.3 Å². The predicted octanol–water partition coefficient (Wildman–Crippen LogP) is 2.88. The number of aryl methyl sites for hydroxylation is 1. The molecule has 1 heterocycles. The average molecular weight is 273 g/mol. The normalized spacial score (nSPS) is 10.6. The molecular formula is C16H20FN3. The number of nitrogens with one attached hydrogen (secondary N) is 1. The van der Waals surface area contributed by atoms with E-state index in [1.54, 1.807) is 12.1 Å². The summed E-state index contributed by atoms with van der Waals surface area (Å²) < 4.78 is 12.9. The molecule has 106 valence electrons. The highest BCUT2D eigenvalue weighted by Gasteiger charge is 2.08. The highest BCUT2D eigenvalue weighted by molar-refractivity contribution is 5.47. The summed E-state index contributed by atoms with van der Waals surface area (Å²) in [7, 11) is 3.92. The molecule has 0 bridgehead atoms. The molecule has 0 radical (unpaired) electrons. The van der Waals surface area contributed by atoms with Gasteiger partial charge >= 0.3 is 0 Å². The third-order valence-electron chi connectivity index (χ3n) is 3.18. The smallest absolute Gasteiger partial charge is 0.131 e. The molecule has 0 fully saturated rings. The quantitative estimate of drug-likeness (QED) is 0.908. The van der Waals surface area contributed by atoms with Crippen LogP contribution in [0.3, 0.4) is 0 Å². The second-order valence-corrected chi connectivity index (χ2v) is 5.00. The van der Waals surface area contributed by atoms with Crippen LogP contribution in [0.5, 0.6) is 0 Å². The van der Waals surface area contributed by atoms with E-state index in [2.05, 4.69) is 28.2 Å². The minimum Gasteiger partial charge on any atom is -0.355 e. The Hall–Kier alpha value is -1.94. The van der Waals surface area contributed by atoms with E-state index in [4.69, 9.17) is 0 Å². The van der Waals surface area contributed by atoms with E-state index in [0.29, 0.717) is 6.54 Å². The number of rotatable bonds is 5. The number of aromatic nitrogens is 1. The molecule has 1 N–H and O–H groups in total. The molecule has 0 aliphatic rings. The topological polar surface area (TPSA) is 28.2 Å². The average Bonchev–Trinajstić information content (AvgIpc) is 2.42. The first-order valence-electron chi connectivity index (χ1n) is 6.66. The van der Waals surface area contributed by atoms with Gasteiger partial charge in [0, 0.05) is 26.3 Å². The first-order valence-corrected chi connectivity index (χ1v) is 6.66. The van der Waals surface area contributed by atoms with Crippen molar-refractivity contribution in [1.82, 2.24) is 10.3 Å². The summed E-state index contributed by atoms with van der Waals surface area (Å²) in [4.78, 5) is 6.60. The summed E-state index contributed by atoms with van der Waals surface area (Å²) in [6.07, 6.45) is 1.89. The molecule has 0 unspecified atom stereocenters. The van der Waals surface area contributed by atoms with Gasteiger partial charge < -0.3 is 10.2 Å². The Labute approximate surface area is 119 Å². The molecule has 0 saturated carbocycles. The van der Waals surface area contributed by atoms with Crippen LogP contribution in [0.15, 0.2) is 36.5 Å². The number of halogens is 1. The lowest BCUT2D eigenvalue weighted by Gasteiger charge is -2.20. The largest absolute Gasteiger partial charge is 0.355 e. The van der Waals surface area contributed by atoms with E-state index in [9.17, 15) is 4.39 Å². The van der Waals surface area contributed by atoms with E-state index >= 15 is 0 Å². The highest BCUT2D eigenvalue weighted by atomic mass is 19.1. The zero-order chi connectivity index (χ0) is 14.5. The Kier molecular flexibility index (Phi) is 4.69. The highest BCUT2D eigenvalue weighted by Crippen LogP contribution is 2.19. The number of hydrogen-bond acceptors (Lipinski definition) is 3. The van der Waals surface area contributed by atoms with E-state index in [0.717, 1.165) is 23.5 Å². The molecule has 0 atom stereocenters. The lowest BCUT2D eigenvalue weighted by Crippen LogP contribution is -2.19. The summed E-state index contributed by atoms with van der Waals surface area (Å²) >= 11 is 0. The Morgan fingerprint density at radius 1 is 1.20 bits per heavy atom. The van der Waals surface area contributed by atoms with Gasteiger partial charge in [-0.3, -0.25) is 0 Å². The van der Waals surface area contributed by atoms with Gasteiger partial charge in [0.05, 0.1) is 0 Å². The molecular weight excluding hydrogens is 253 g/mol. The number of benzene rings is 1. The lowest BCUT2D eigenvalue weighted by atomic mass is 10.1. The molecule has 2 rings (SSSR count). The number of nitrogens with zero attached hydrogens (tertiary/aromatic N) is 2. The monoisotopic (exact) mass is 273 g/mol. The summed E-state index contributed by atoms with van der Waals surface area (Å²) in [6, 6.07) is 8.71. The van der Waals surface area contributed by atoms with Gasteiger partial charge in [-0.15, -0.1) is 0 Å². The van der Waals surface area contributed by atoms with Crippen LogP contribution in [0.2, 0.25) is 0 Å². The second kappa shape index (κ2) is 6.48. The molecule has 20 heavy (non-hydrogen) atoms. The fourth-order valence-electron chi connectivity index (χ4n) is 2.26. The van der Waals surface area contributed by atoms with Crippen LogP contribution < -0.4 is 10.2 Å². The fourth-order valence-corrected chi connectivity index (χ4v) is 2.26. The maximum Gasteiger partial charge on any atom is 0.131 e. The van der Waals surface area contributed by atoms with Gasteiger partial charge in [-0.25, -0.2) is 9.37 Å². The van der Waals surface area contributed by atoms with Crippen molar-refractivity contribution in [2.75, 3.05) is 19.0 Å². The molecule has 1 aromatic carbocycles. The van der Waals surface area contributed by atoms with E-state index < -0.39 is 0 Å².